The third-order valence-corrected chi connectivity index (χ3v) is 5.25. The highest BCUT2D eigenvalue weighted by Gasteiger charge is 2.28. The summed E-state index contributed by atoms with van der Waals surface area (Å²) in [7, 11) is 0. The first kappa shape index (κ1) is 23.4. The van der Waals surface area contributed by atoms with E-state index >= 15 is 0 Å². The minimum absolute atomic E-state index is 0.0883. The molecule has 0 heterocycles. The molecule has 0 aliphatic rings. The van der Waals surface area contributed by atoms with Gasteiger partial charge in [-0.3, -0.25) is 9.59 Å². The number of ether oxygens (including phenoxy) is 1. The lowest BCUT2D eigenvalue weighted by Crippen LogP contribution is -2.55. The Labute approximate surface area is 184 Å². The van der Waals surface area contributed by atoms with Gasteiger partial charge >= 0.3 is 6.09 Å². The van der Waals surface area contributed by atoms with Crippen LogP contribution in [0.5, 0.6) is 0 Å². The Hall–Kier alpha value is -2.87. The van der Waals surface area contributed by atoms with Crippen molar-refractivity contribution in [1.82, 2.24) is 10.6 Å². The summed E-state index contributed by atoms with van der Waals surface area (Å²) in [6, 6.07) is 14.8. The highest BCUT2D eigenvalue weighted by atomic mass is 79.9. The van der Waals surface area contributed by atoms with Crippen molar-refractivity contribution < 1.29 is 19.1 Å². The quantitative estimate of drug-likeness (QED) is 0.517. The van der Waals surface area contributed by atoms with Crippen LogP contribution in [0, 0.1) is 5.92 Å². The predicted molar refractivity (Wildman–Crippen MR) is 117 cm³/mol. The van der Waals surface area contributed by atoms with Crippen molar-refractivity contribution >= 4 is 33.8 Å². The van der Waals surface area contributed by atoms with Gasteiger partial charge in [0.15, 0.2) is 0 Å². The van der Waals surface area contributed by atoms with Crippen molar-refractivity contribution in [2.24, 2.45) is 11.7 Å². The number of primary amides is 1. The maximum absolute atomic E-state index is 12.8. The number of rotatable bonds is 9. The van der Waals surface area contributed by atoms with E-state index < -0.39 is 30.0 Å². The van der Waals surface area contributed by atoms with Crippen molar-refractivity contribution in [1.29, 1.82) is 0 Å². The normalized spacial score (nSPS) is 12.7. The minimum Gasteiger partial charge on any atom is -0.445 e. The van der Waals surface area contributed by atoms with E-state index in [9.17, 15) is 14.4 Å². The lowest BCUT2D eigenvalue weighted by Gasteiger charge is -2.24. The molecule has 0 aliphatic heterocycles. The van der Waals surface area contributed by atoms with E-state index in [1.807, 2.05) is 54.6 Å². The topological polar surface area (TPSA) is 111 Å². The van der Waals surface area contributed by atoms with Crippen LogP contribution in [-0.2, 0) is 27.4 Å². The fourth-order valence-corrected chi connectivity index (χ4v) is 3.24. The molecule has 0 fully saturated rings. The minimum atomic E-state index is -0.917. The lowest BCUT2D eigenvalue weighted by atomic mass is 10.0. The summed E-state index contributed by atoms with van der Waals surface area (Å²) in [5.74, 6) is -1.39. The summed E-state index contributed by atoms with van der Waals surface area (Å²) in [6.45, 7) is 3.66. The van der Waals surface area contributed by atoms with E-state index in [-0.39, 0.29) is 18.9 Å². The molecule has 2 aromatic carbocycles. The summed E-state index contributed by atoms with van der Waals surface area (Å²) in [5, 5.41) is 5.22. The number of nitrogens with two attached hydrogens (primary N) is 1. The van der Waals surface area contributed by atoms with E-state index in [0.717, 1.165) is 15.6 Å². The zero-order valence-electron chi connectivity index (χ0n) is 16.9. The molecule has 8 heteroatoms. The van der Waals surface area contributed by atoms with E-state index in [1.54, 1.807) is 13.8 Å². The van der Waals surface area contributed by atoms with Crippen LogP contribution in [0.3, 0.4) is 0 Å². The fraction of sp³-hybridized carbons (Fsp3) is 0.318. The van der Waals surface area contributed by atoms with E-state index in [4.69, 9.17) is 10.5 Å². The van der Waals surface area contributed by atoms with Gasteiger partial charge < -0.3 is 21.1 Å². The number of hydrogen-bond donors (Lipinski definition) is 3. The highest BCUT2D eigenvalue weighted by molar-refractivity contribution is 9.10. The molecule has 3 amide bonds. The van der Waals surface area contributed by atoms with E-state index in [2.05, 4.69) is 26.6 Å². The maximum atomic E-state index is 12.8. The number of alkyl carbamates (subject to hydrolysis) is 1. The smallest absolute Gasteiger partial charge is 0.408 e. The molecule has 0 unspecified atom stereocenters. The summed E-state index contributed by atoms with van der Waals surface area (Å²) in [4.78, 5) is 36.9. The first-order valence-electron chi connectivity index (χ1n) is 9.58. The van der Waals surface area contributed by atoms with Gasteiger partial charge in [-0.2, -0.15) is 0 Å². The molecule has 4 N–H and O–H groups in total. The van der Waals surface area contributed by atoms with Crippen LogP contribution in [0.2, 0.25) is 0 Å². The van der Waals surface area contributed by atoms with Gasteiger partial charge in [-0.05, 0) is 23.1 Å². The number of halogens is 1. The largest absolute Gasteiger partial charge is 0.445 e. The molecule has 7 nitrogen and oxygen atoms in total. The fourth-order valence-electron chi connectivity index (χ4n) is 2.79. The first-order valence-corrected chi connectivity index (χ1v) is 10.4. The number of nitrogens with one attached hydrogen (secondary N) is 2. The van der Waals surface area contributed by atoms with Gasteiger partial charge in [-0.1, -0.05) is 78.3 Å². The zero-order chi connectivity index (χ0) is 22.1. The van der Waals surface area contributed by atoms with Crippen LogP contribution in [-0.4, -0.2) is 30.0 Å². The summed E-state index contributed by atoms with van der Waals surface area (Å²) < 4.78 is 6.01. The molecule has 2 aromatic rings. The molecule has 0 saturated carbocycles. The maximum Gasteiger partial charge on any atom is 0.408 e. The van der Waals surface area contributed by atoms with Gasteiger partial charge in [0.05, 0.1) is 0 Å². The summed E-state index contributed by atoms with van der Waals surface area (Å²) >= 11 is 3.42. The second-order valence-corrected chi connectivity index (χ2v) is 8.04. The van der Waals surface area contributed by atoms with Gasteiger partial charge in [0.2, 0.25) is 11.8 Å². The molecular weight excluding hydrogens is 450 g/mol. The van der Waals surface area contributed by atoms with Crippen molar-refractivity contribution in [3.63, 3.8) is 0 Å². The average molecular weight is 476 g/mol. The summed E-state index contributed by atoms with van der Waals surface area (Å²) in [6.07, 6.45) is -0.486. The predicted octanol–water partition coefficient (Wildman–Crippen LogP) is 2.91. The highest BCUT2D eigenvalue weighted by Crippen LogP contribution is 2.17. The molecule has 30 heavy (non-hydrogen) atoms. The molecule has 0 bridgehead atoms. The van der Waals surface area contributed by atoms with Gasteiger partial charge in [-0.15, -0.1) is 0 Å². The number of carbonyl (C=O) groups excluding carboxylic acids is 3. The standard InChI is InChI=1S/C22H26BrN3O4/c1-14(2)19(26-22(29)30-13-15-8-4-3-5-9-15)21(28)25-18(20(24)27)12-16-10-6-7-11-17(16)23/h3-11,14,18-19H,12-13H2,1-2H3,(H2,24,27)(H,25,28)(H,26,29)/t18-,19+/m1/s1. The Bertz CT molecular complexity index is 874. The molecule has 0 spiro atoms. The van der Waals surface area contributed by atoms with Crippen molar-refractivity contribution in [2.75, 3.05) is 0 Å². The van der Waals surface area contributed by atoms with Crippen molar-refractivity contribution in [3.8, 4) is 0 Å². The van der Waals surface area contributed by atoms with E-state index in [1.165, 1.54) is 0 Å². The zero-order valence-corrected chi connectivity index (χ0v) is 18.5. The molecule has 2 rings (SSSR count). The Morgan fingerprint density at radius 1 is 1.00 bits per heavy atom. The average Bonchev–Trinajstić information content (AvgIpc) is 2.71. The Morgan fingerprint density at radius 3 is 2.23 bits per heavy atom. The van der Waals surface area contributed by atoms with Crippen molar-refractivity contribution in [3.05, 3.63) is 70.2 Å². The molecule has 0 aromatic heterocycles. The van der Waals surface area contributed by atoms with Crippen LogP contribution < -0.4 is 16.4 Å². The van der Waals surface area contributed by atoms with Gasteiger partial charge in [0, 0.05) is 10.9 Å². The molecule has 0 aliphatic carbocycles. The number of benzene rings is 2. The first-order chi connectivity index (χ1) is 14.3. The van der Waals surface area contributed by atoms with Crippen LogP contribution in [0.4, 0.5) is 4.79 Å². The van der Waals surface area contributed by atoms with Gasteiger partial charge in [0.25, 0.3) is 0 Å². The SMILES string of the molecule is CC(C)[C@H](NC(=O)OCc1ccccc1)C(=O)N[C@H](Cc1ccccc1Br)C(N)=O. The van der Waals surface area contributed by atoms with Crippen LogP contribution in [0.25, 0.3) is 0 Å². The lowest BCUT2D eigenvalue weighted by molar-refractivity contribution is -0.129. The third kappa shape index (κ3) is 7.18. The molecule has 0 saturated heterocycles. The monoisotopic (exact) mass is 475 g/mol. The number of amides is 3. The van der Waals surface area contributed by atoms with Crippen LogP contribution in [0.15, 0.2) is 59.1 Å². The Morgan fingerprint density at radius 2 is 1.63 bits per heavy atom. The summed E-state index contributed by atoms with van der Waals surface area (Å²) in [5.41, 5.74) is 7.16. The van der Waals surface area contributed by atoms with Crippen LogP contribution >= 0.6 is 15.9 Å². The molecular formula is C22H26BrN3O4. The Balaban J connectivity index is 1.99. The second-order valence-electron chi connectivity index (χ2n) is 7.19. The van der Waals surface area contributed by atoms with Gasteiger partial charge in [-0.25, -0.2) is 4.79 Å². The second kappa shape index (κ2) is 11.3. The number of hydrogen-bond acceptors (Lipinski definition) is 4. The number of carbonyl (C=O) groups is 3. The van der Waals surface area contributed by atoms with E-state index in [0.29, 0.717) is 0 Å². The van der Waals surface area contributed by atoms with Gasteiger partial charge in [0.1, 0.15) is 18.7 Å². The molecule has 160 valence electrons. The van der Waals surface area contributed by atoms with Crippen LogP contribution in [0.1, 0.15) is 25.0 Å². The molecule has 2 atom stereocenters. The Kier molecular flexibility index (Phi) is 8.86. The third-order valence-electron chi connectivity index (χ3n) is 4.48. The molecule has 0 radical (unpaired) electrons. The van der Waals surface area contributed by atoms with Crippen molar-refractivity contribution in [2.45, 2.75) is 39.0 Å².